The van der Waals surface area contributed by atoms with E-state index in [4.69, 9.17) is 21.1 Å². The van der Waals surface area contributed by atoms with Gasteiger partial charge in [-0.05, 0) is 31.4 Å². The number of nitrogens with zero attached hydrogens (tertiary/aromatic N) is 2. The van der Waals surface area contributed by atoms with Crippen LogP contribution in [0.25, 0.3) is 0 Å². The molecule has 3 rings (SSSR count). The number of carbonyl (C=O) groups is 2. The number of nitro groups is 1. The van der Waals surface area contributed by atoms with E-state index in [1.54, 1.807) is 6.92 Å². The minimum Gasteiger partial charge on any atom is -0.463 e. The summed E-state index contributed by atoms with van der Waals surface area (Å²) in [5, 5.41) is 11.5. The van der Waals surface area contributed by atoms with Crippen molar-refractivity contribution in [3.8, 4) is 0 Å². The highest BCUT2D eigenvalue weighted by Gasteiger charge is 2.44. The fourth-order valence-corrected chi connectivity index (χ4v) is 4.08. The molecule has 2 atom stereocenters. The normalized spacial score (nSPS) is 21.5. The van der Waals surface area contributed by atoms with E-state index in [2.05, 4.69) is 4.99 Å². The van der Waals surface area contributed by atoms with Crippen LogP contribution in [-0.2, 0) is 19.1 Å². The van der Waals surface area contributed by atoms with Gasteiger partial charge in [-0.1, -0.05) is 11.6 Å². The maximum Gasteiger partial charge on any atom is 0.315 e. The molecular weight excluding hydrogens is 400 g/mol. The number of ketones is 1. The topological polar surface area (TPSA) is 108 Å². The lowest BCUT2D eigenvalue weighted by atomic mass is 9.71. The molecule has 9 heteroatoms. The van der Waals surface area contributed by atoms with E-state index in [-0.39, 0.29) is 29.7 Å². The zero-order valence-electron chi connectivity index (χ0n) is 16.1. The summed E-state index contributed by atoms with van der Waals surface area (Å²) in [6.07, 6.45) is 1.61. The molecule has 0 saturated heterocycles. The molecule has 0 spiro atoms. The molecule has 1 heterocycles. The van der Waals surface area contributed by atoms with E-state index < -0.39 is 22.7 Å². The largest absolute Gasteiger partial charge is 0.463 e. The standard InChI is InChI=1S/C20H21ClN2O6/c1-11-17(20(25)29-9-8-28-2)18(19-15(22-11)4-3-5-16(19)24)13-10-12(23(26)27)6-7-14(13)21/h6-7,10,17-18H,3-5,8-9H2,1-2H3/t17?,18-/m1/s1. The van der Waals surface area contributed by atoms with Gasteiger partial charge in [0.05, 0.1) is 11.5 Å². The summed E-state index contributed by atoms with van der Waals surface area (Å²) in [5.41, 5.74) is 1.70. The van der Waals surface area contributed by atoms with Crippen molar-refractivity contribution in [1.29, 1.82) is 0 Å². The maximum atomic E-state index is 12.9. The van der Waals surface area contributed by atoms with Gasteiger partial charge < -0.3 is 9.47 Å². The second-order valence-corrected chi connectivity index (χ2v) is 7.38. The minimum atomic E-state index is -0.896. The summed E-state index contributed by atoms with van der Waals surface area (Å²) in [4.78, 5) is 41.0. The van der Waals surface area contributed by atoms with Gasteiger partial charge in [0, 0.05) is 53.6 Å². The molecule has 0 saturated carbocycles. The van der Waals surface area contributed by atoms with E-state index in [0.717, 1.165) is 0 Å². The second kappa shape index (κ2) is 8.84. The lowest BCUT2D eigenvalue weighted by molar-refractivity contribution is -0.384. The molecular formula is C20H21ClN2O6. The molecule has 0 radical (unpaired) electrons. The molecule has 0 N–H and O–H groups in total. The number of nitro benzene ring substituents is 1. The van der Waals surface area contributed by atoms with Crippen molar-refractivity contribution in [3.05, 3.63) is 50.2 Å². The Morgan fingerprint density at radius 2 is 2.10 bits per heavy atom. The summed E-state index contributed by atoms with van der Waals surface area (Å²) in [5.74, 6) is -2.37. The Labute approximate surface area is 172 Å². The number of halogens is 1. The fourth-order valence-electron chi connectivity index (χ4n) is 3.85. The van der Waals surface area contributed by atoms with Crippen LogP contribution in [0.2, 0.25) is 5.02 Å². The number of Topliss-reactive ketones (excluding diaryl/α,β-unsaturated/α-hetero) is 1. The molecule has 1 aliphatic heterocycles. The monoisotopic (exact) mass is 420 g/mol. The zero-order valence-corrected chi connectivity index (χ0v) is 16.9. The van der Waals surface area contributed by atoms with E-state index in [1.807, 2.05) is 0 Å². The third-order valence-corrected chi connectivity index (χ3v) is 5.49. The molecule has 8 nitrogen and oxygen atoms in total. The van der Waals surface area contributed by atoms with Crippen LogP contribution in [0.1, 0.15) is 37.7 Å². The summed E-state index contributed by atoms with van der Waals surface area (Å²) < 4.78 is 10.2. The van der Waals surface area contributed by atoms with Gasteiger partial charge in [-0.25, -0.2) is 0 Å². The summed E-state index contributed by atoms with van der Waals surface area (Å²) >= 11 is 6.39. The number of methoxy groups -OCH3 is 1. The van der Waals surface area contributed by atoms with E-state index >= 15 is 0 Å². The fraction of sp³-hybridized carbons (Fsp3) is 0.450. The molecule has 1 aromatic rings. The molecule has 29 heavy (non-hydrogen) atoms. The van der Waals surface area contributed by atoms with Crippen molar-refractivity contribution < 1.29 is 24.0 Å². The van der Waals surface area contributed by atoms with Gasteiger partial charge in [-0.2, -0.15) is 0 Å². The number of hydrogen-bond acceptors (Lipinski definition) is 7. The molecule has 1 unspecified atom stereocenters. The van der Waals surface area contributed by atoms with Crippen LogP contribution < -0.4 is 0 Å². The Bertz CT molecular complexity index is 924. The Kier molecular flexibility index (Phi) is 6.44. The molecule has 0 bridgehead atoms. The number of esters is 1. The van der Waals surface area contributed by atoms with Crippen LogP contribution in [-0.4, -0.2) is 42.7 Å². The highest BCUT2D eigenvalue weighted by atomic mass is 35.5. The first kappa shape index (κ1) is 21.1. The SMILES string of the molecule is COCCOC(=O)C1C(C)=NC2=C(C(=O)CCC2)[C@@H]1c1cc([N+](=O)[O-])ccc1Cl. The van der Waals surface area contributed by atoms with Crippen molar-refractivity contribution in [2.45, 2.75) is 32.1 Å². The lowest BCUT2D eigenvalue weighted by Gasteiger charge is -2.34. The van der Waals surface area contributed by atoms with Gasteiger partial charge in [-0.3, -0.25) is 24.7 Å². The van der Waals surface area contributed by atoms with Crippen molar-refractivity contribution >= 4 is 34.8 Å². The van der Waals surface area contributed by atoms with Gasteiger partial charge in [0.2, 0.25) is 0 Å². The van der Waals surface area contributed by atoms with Gasteiger partial charge in [0.15, 0.2) is 5.78 Å². The average Bonchev–Trinajstić information content (AvgIpc) is 2.67. The Balaban J connectivity index is 2.13. The zero-order chi connectivity index (χ0) is 21.1. The quantitative estimate of drug-likeness (QED) is 0.301. The van der Waals surface area contributed by atoms with Crippen LogP contribution in [0.3, 0.4) is 0 Å². The van der Waals surface area contributed by atoms with Crippen molar-refractivity contribution in [3.63, 3.8) is 0 Å². The van der Waals surface area contributed by atoms with Crippen molar-refractivity contribution in [2.75, 3.05) is 20.3 Å². The van der Waals surface area contributed by atoms with Gasteiger partial charge in [-0.15, -0.1) is 0 Å². The number of carbonyl (C=O) groups excluding carboxylic acids is 2. The number of benzene rings is 1. The third kappa shape index (κ3) is 4.23. The lowest BCUT2D eigenvalue weighted by Crippen LogP contribution is -2.37. The number of hydrogen-bond donors (Lipinski definition) is 0. The second-order valence-electron chi connectivity index (χ2n) is 6.97. The molecule has 154 valence electrons. The number of aliphatic imine (C=N–C) groups is 1. The molecule has 0 fully saturated rings. The molecule has 0 amide bonds. The molecule has 1 aliphatic carbocycles. The van der Waals surface area contributed by atoms with Gasteiger partial charge in [0.1, 0.15) is 12.5 Å². The third-order valence-electron chi connectivity index (χ3n) is 5.15. The number of allylic oxidation sites excluding steroid dienone is 2. The maximum absolute atomic E-state index is 12.9. The van der Waals surface area contributed by atoms with Crippen LogP contribution in [0.4, 0.5) is 5.69 Å². The average molecular weight is 421 g/mol. The number of rotatable bonds is 6. The predicted molar refractivity (Wildman–Crippen MR) is 106 cm³/mol. The molecule has 1 aromatic carbocycles. The first-order valence-corrected chi connectivity index (χ1v) is 9.63. The summed E-state index contributed by atoms with van der Waals surface area (Å²) in [7, 11) is 1.49. The van der Waals surface area contributed by atoms with E-state index in [9.17, 15) is 19.7 Å². The summed E-state index contributed by atoms with van der Waals surface area (Å²) in [6.45, 7) is 1.97. The molecule has 0 aromatic heterocycles. The van der Waals surface area contributed by atoms with Crippen LogP contribution >= 0.6 is 11.6 Å². The predicted octanol–water partition coefficient (Wildman–Crippen LogP) is 3.62. The first-order valence-electron chi connectivity index (χ1n) is 9.26. The van der Waals surface area contributed by atoms with E-state index in [1.165, 1.54) is 25.3 Å². The number of ether oxygens (including phenoxy) is 2. The minimum absolute atomic E-state index is 0.0500. The van der Waals surface area contributed by atoms with Crippen molar-refractivity contribution in [2.24, 2.45) is 10.9 Å². The van der Waals surface area contributed by atoms with Crippen LogP contribution in [0.5, 0.6) is 0 Å². The smallest absolute Gasteiger partial charge is 0.315 e. The highest BCUT2D eigenvalue weighted by molar-refractivity contribution is 6.31. The number of non-ortho nitro benzene ring substituents is 1. The molecule has 2 aliphatic rings. The van der Waals surface area contributed by atoms with Crippen LogP contribution in [0, 0.1) is 16.0 Å². The van der Waals surface area contributed by atoms with Crippen LogP contribution in [0.15, 0.2) is 34.5 Å². The Hall–Kier alpha value is -2.58. The first-order chi connectivity index (χ1) is 13.8. The highest BCUT2D eigenvalue weighted by Crippen LogP contribution is 2.46. The van der Waals surface area contributed by atoms with Gasteiger partial charge >= 0.3 is 5.97 Å². The Morgan fingerprint density at radius 1 is 1.34 bits per heavy atom. The summed E-state index contributed by atoms with van der Waals surface area (Å²) in [6, 6.07) is 4.03. The van der Waals surface area contributed by atoms with E-state index in [0.29, 0.717) is 41.8 Å². The van der Waals surface area contributed by atoms with Crippen molar-refractivity contribution in [1.82, 2.24) is 0 Å². The Morgan fingerprint density at radius 3 is 2.79 bits per heavy atom. The van der Waals surface area contributed by atoms with Gasteiger partial charge in [0.25, 0.3) is 5.69 Å².